The molecule has 0 aliphatic carbocycles. The molecule has 16 heteroatoms. The molecule has 0 spiro atoms. The van der Waals surface area contributed by atoms with Gasteiger partial charge in [-0.1, -0.05) is 23.7 Å². The number of nitrogens with zero attached hydrogens (tertiary/aromatic N) is 1. The van der Waals surface area contributed by atoms with Crippen LogP contribution in [0.4, 0.5) is 41.2 Å². The molecule has 0 radical (unpaired) electrons. The molecule has 0 bridgehead atoms. The van der Waals surface area contributed by atoms with Gasteiger partial charge in [-0.3, -0.25) is 0 Å². The zero-order chi connectivity index (χ0) is 30.8. The van der Waals surface area contributed by atoms with Gasteiger partial charge in [0.05, 0.1) is 13.2 Å². The Hall–Kier alpha value is -3.30. The van der Waals surface area contributed by atoms with Crippen LogP contribution in [0.3, 0.4) is 0 Å². The van der Waals surface area contributed by atoms with Crippen molar-refractivity contribution in [2.75, 3.05) is 38.2 Å². The predicted octanol–water partition coefficient (Wildman–Crippen LogP) is 6.09. The van der Waals surface area contributed by atoms with Crippen LogP contribution in [0.1, 0.15) is 12.5 Å². The summed E-state index contributed by atoms with van der Waals surface area (Å²) < 4.78 is 105. The number of amides is 2. The van der Waals surface area contributed by atoms with Crippen LogP contribution in [-0.4, -0.2) is 79.2 Å². The van der Waals surface area contributed by atoms with Gasteiger partial charge in [0.2, 0.25) is 0 Å². The number of carboxylic acid groups (broad SMARTS) is 1. The number of anilines is 1. The second-order valence-corrected chi connectivity index (χ2v) is 8.78. The summed E-state index contributed by atoms with van der Waals surface area (Å²) >= 11 is 5.78. The third-order valence-corrected chi connectivity index (χ3v) is 5.62. The van der Waals surface area contributed by atoms with Gasteiger partial charge in [0.25, 0.3) is 0 Å². The van der Waals surface area contributed by atoms with E-state index in [9.17, 15) is 45.4 Å². The van der Waals surface area contributed by atoms with E-state index in [-0.39, 0.29) is 37.6 Å². The molecular weight excluding hydrogens is 593 g/mol. The van der Waals surface area contributed by atoms with Crippen LogP contribution >= 0.6 is 11.6 Å². The van der Waals surface area contributed by atoms with Gasteiger partial charge in [0.1, 0.15) is 12.4 Å². The van der Waals surface area contributed by atoms with Gasteiger partial charge >= 0.3 is 30.2 Å². The summed E-state index contributed by atoms with van der Waals surface area (Å²) in [6, 6.07) is 10.9. The standard InChI is InChI=1S/C25H26ClF7N2O6/c1-2-39-20(21(36)37)15-16-3-9-19(10-4-16)40-13-11-35(22(38)34-18-7-5-17(26)6-8-18)12-14-41-25(32,33)23(27,28)24(29,30)31/h3-10,20H,2,11-15H2,1H3,(H,34,38)(H,36,37). The Morgan fingerprint density at radius 1 is 0.951 bits per heavy atom. The van der Waals surface area contributed by atoms with Crippen LogP contribution in [0.2, 0.25) is 5.02 Å². The highest BCUT2D eigenvalue weighted by molar-refractivity contribution is 6.30. The van der Waals surface area contributed by atoms with E-state index in [4.69, 9.17) is 21.1 Å². The molecule has 2 N–H and O–H groups in total. The number of rotatable bonds is 15. The van der Waals surface area contributed by atoms with Crippen LogP contribution < -0.4 is 10.1 Å². The summed E-state index contributed by atoms with van der Waals surface area (Å²) in [7, 11) is 0. The molecule has 8 nitrogen and oxygen atoms in total. The van der Waals surface area contributed by atoms with Crippen molar-refractivity contribution < 1.29 is 59.6 Å². The largest absolute Gasteiger partial charge is 0.492 e. The first-order chi connectivity index (χ1) is 19.1. The normalized spacial score (nSPS) is 13.0. The lowest BCUT2D eigenvalue weighted by molar-refractivity contribution is -0.423. The SMILES string of the molecule is CCOC(Cc1ccc(OCCN(CCOC(F)(F)C(F)(F)C(F)(F)F)C(=O)Nc2ccc(Cl)cc2)cc1)C(=O)O. The summed E-state index contributed by atoms with van der Waals surface area (Å²) in [6.07, 6.45) is -13.4. The van der Waals surface area contributed by atoms with Gasteiger partial charge in [-0.2, -0.15) is 30.7 Å². The van der Waals surface area contributed by atoms with E-state index < -0.39 is 49.5 Å². The minimum Gasteiger partial charge on any atom is -0.492 e. The monoisotopic (exact) mass is 618 g/mol. The number of nitrogens with one attached hydrogen (secondary N) is 1. The summed E-state index contributed by atoms with van der Waals surface area (Å²) in [5.41, 5.74) is 0.846. The summed E-state index contributed by atoms with van der Waals surface area (Å²) in [6.45, 7) is -0.892. The molecule has 1 unspecified atom stereocenters. The Labute approximate surface area is 234 Å². The Morgan fingerprint density at radius 3 is 2.07 bits per heavy atom. The van der Waals surface area contributed by atoms with Crippen molar-refractivity contribution in [2.45, 2.75) is 37.7 Å². The number of hydrogen-bond donors (Lipinski definition) is 2. The number of ether oxygens (including phenoxy) is 3. The third kappa shape index (κ3) is 9.93. The second-order valence-electron chi connectivity index (χ2n) is 8.34. The molecule has 2 amide bonds. The third-order valence-electron chi connectivity index (χ3n) is 5.37. The number of hydrogen-bond acceptors (Lipinski definition) is 5. The van der Waals surface area contributed by atoms with E-state index in [0.29, 0.717) is 10.6 Å². The Balaban J connectivity index is 2.04. The molecule has 2 rings (SSSR count). The Kier molecular flexibility index (Phi) is 12.0. The molecule has 0 aromatic heterocycles. The maximum absolute atomic E-state index is 13.5. The fourth-order valence-electron chi connectivity index (χ4n) is 3.22. The minimum atomic E-state index is -6.57. The van der Waals surface area contributed by atoms with Crippen molar-refractivity contribution in [3.63, 3.8) is 0 Å². The van der Waals surface area contributed by atoms with E-state index in [1.165, 1.54) is 36.4 Å². The number of carboxylic acids is 1. The Bertz CT molecular complexity index is 1130. The minimum absolute atomic E-state index is 0.0835. The first kappa shape index (κ1) is 33.9. The molecule has 0 saturated heterocycles. The fraction of sp³-hybridized carbons (Fsp3) is 0.440. The summed E-state index contributed by atoms with van der Waals surface area (Å²) in [5, 5.41) is 11.9. The molecule has 1 atom stereocenters. The van der Waals surface area contributed by atoms with Crippen molar-refractivity contribution in [1.29, 1.82) is 0 Å². The summed E-state index contributed by atoms with van der Waals surface area (Å²) in [5.74, 6) is -7.31. The molecule has 2 aromatic rings. The average Bonchev–Trinajstić information content (AvgIpc) is 2.88. The van der Waals surface area contributed by atoms with Crippen LogP contribution in [0.15, 0.2) is 48.5 Å². The quantitative estimate of drug-likeness (QED) is 0.235. The topological polar surface area (TPSA) is 97.3 Å². The second kappa shape index (κ2) is 14.5. The highest BCUT2D eigenvalue weighted by Gasteiger charge is 2.74. The molecule has 0 aliphatic heterocycles. The zero-order valence-corrected chi connectivity index (χ0v) is 22.2. The van der Waals surface area contributed by atoms with E-state index in [2.05, 4.69) is 10.1 Å². The van der Waals surface area contributed by atoms with Gasteiger partial charge in [-0.15, -0.1) is 0 Å². The van der Waals surface area contributed by atoms with Crippen LogP contribution in [0.25, 0.3) is 0 Å². The molecular formula is C25H26ClF7N2O6. The van der Waals surface area contributed by atoms with E-state index in [1.54, 1.807) is 19.1 Å². The van der Waals surface area contributed by atoms with Crippen molar-refractivity contribution in [2.24, 2.45) is 0 Å². The van der Waals surface area contributed by atoms with Crippen molar-refractivity contribution in [1.82, 2.24) is 4.90 Å². The van der Waals surface area contributed by atoms with E-state index in [0.717, 1.165) is 4.90 Å². The van der Waals surface area contributed by atoms with Crippen LogP contribution in [0.5, 0.6) is 5.75 Å². The smallest absolute Gasteiger partial charge is 0.462 e. The molecule has 41 heavy (non-hydrogen) atoms. The maximum Gasteiger partial charge on any atom is 0.462 e. The van der Waals surface area contributed by atoms with Gasteiger partial charge in [-0.25, -0.2) is 9.59 Å². The average molecular weight is 619 g/mol. The van der Waals surface area contributed by atoms with Crippen molar-refractivity contribution in [3.8, 4) is 5.75 Å². The number of carbonyl (C=O) groups excluding carboxylic acids is 1. The number of benzene rings is 2. The first-order valence-corrected chi connectivity index (χ1v) is 12.3. The van der Waals surface area contributed by atoms with Crippen molar-refractivity contribution >= 4 is 29.3 Å². The molecule has 2 aromatic carbocycles. The predicted molar refractivity (Wildman–Crippen MR) is 133 cm³/mol. The number of urea groups is 1. The molecule has 0 aliphatic rings. The Morgan fingerprint density at radius 2 is 1.54 bits per heavy atom. The highest BCUT2D eigenvalue weighted by atomic mass is 35.5. The van der Waals surface area contributed by atoms with Crippen LogP contribution in [-0.2, 0) is 20.7 Å². The lowest BCUT2D eigenvalue weighted by Gasteiger charge is -2.29. The maximum atomic E-state index is 13.5. The number of carbonyl (C=O) groups is 2. The molecule has 0 fully saturated rings. The van der Waals surface area contributed by atoms with Gasteiger partial charge in [0.15, 0.2) is 6.10 Å². The number of alkyl halides is 7. The number of aliphatic carboxylic acids is 1. The van der Waals surface area contributed by atoms with Crippen LogP contribution in [0, 0.1) is 0 Å². The molecule has 0 heterocycles. The van der Waals surface area contributed by atoms with Gasteiger partial charge < -0.3 is 29.5 Å². The molecule has 228 valence electrons. The first-order valence-electron chi connectivity index (χ1n) is 11.9. The lowest BCUT2D eigenvalue weighted by Crippen LogP contribution is -2.54. The molecule has 0 saturated carbocycles. The number of halogens is 8. The van der Waals surface area contributed by atoms with Gasteiger partial charge in [0, 0.05) is 30.3 Å². The lowest BCUT2D eigenvalue weighted by atomic mass is 10.1. The zero-order valence-electron chi connectivity index (χ0n) is 21.4. The van der Waals surface area contributed by atoms with Crippen molar-refractivity contribution in [3.05, 3.63) is 59.1 Å². The van der Waals surface area contributed by atoms with E-state index >= 15 is 0 Å². The van der Waals surface area contributed by atoms with Gasteiger partial charge in [-0.05, 0) is 48.9 Å². The summed E-state index contributed by atoms with van der Waals surface area (Å²) in [4.78, 5) is 24.8. The van der Waals surface area contributed by atoms with E-state index in [1.807, 2.05) is 0 Å². The fourth-order valence-corrected chi connectivity index (χ4v) is 3.34. The highest BCUT2D eigenvalue weighted by Crippen LogP contribution is 2.46.